The van der Waals surface area contributed by atoms with Crippen molar-refractivity contribution in [1.29, 1.82) is 0 Å². The summed E-state index contributed by atoms with van der Waals surface area (Å²) >= 11 is 1.55. The van der Waals surface area contributed by atoms with E-state index in [1.807, 2.05) is 24.3 Å². The minimum atomic E-state index is -0.911. The van der Waals surface area contributed by atoms with Gasteiger partial charge < -0.3 is 10.1 Å². The zero-order chi connectivity index (χ0) is 20.1. The van der Waals surface area contributed by atoms with Crippen LogP contribution in [0.15, 0.2) is 48.5 Å². The van der Waals surface area contributed by atoms with Crippen LogP contribution in [0.5, 0.6) is 0 Å². The summed E-state index contributed by atoms with van der Waals surface area (Å²) in [5.74, 6) is -1.18. The lowest BCUT2D eigenvalue weighted by Crippen LogP contribution is -2.37. The number of thiazole rings is 1. The monoisotopic (exact) mass is 400 g/mol. The minimum absolute atomic E-state index is 0.158. The number of ether oxygens (including phenoxy) is 1. The molecule has 0 saturated carbocycles. The Hall–Kier alpha value is -2.80. The molecule has 1 N–H and O–H groups in total. The number of aromatic nitrogens is 1. The first-order valence-electron chi connectivity index (χ1n) is 9.02. The SMILES string of the molecule is C[C@H](NC(=O)[C@@H](C)OC(=O)CCc1nc2ccccc2s1)c1ccc(F)cc1. The Bertz CT molecular complexity index is 938. The summed E-state index contributed by atoms with van der Waals surface area (Å²) in [5, 5.41) is 3.62. The van der Waals surface area contributed by atoms with Crippen LogP contribution in [0.25, 0.3) is 10.2 Å². The van der Waals surface area contributed by atoms with Crippen LogP contribution < -0.4 is 5.32 Å². The second-order valence-electron chi connectivity index (χ2n) is 6.49. The first-order valence-corrected chi connectivity index (χ1v) is 9.84. The highest BCUT2D eigenvalue weighted by atomic mass is 32.1. The van der Waals surface area contributed by atoms with Crippen molar-refractivity contribution in [3.05, 3.63) is 64.9 Å². The number of carbonyl (C=O) groups is 2. The molecule has 2 atom stereocenters. The van der Waals surface area contributed by atoms with Gasteiger partial charge in [0, 0.05) is 6.42 Å². The summed E-state index contributed by atoms with van der Waals surface area (Å²) in [4.78, 5) is 28.8. The van der Waals surface area contributed by atoms with Gasteiger partial charge in [-0.25, -0.2) is 9.37 Å². The number of nitrogens with zero attached hydrogens (tertiary/aromatic N) is 1. The van der Waals surface area contributed by atoms with Gasteiger partial charge in [-0.05, 0) is 43.7 Å². The van der Waals surface area contributed by atoms with Gasteiger partial charge in [-0.1, -0.05) is 24.3 Å². The molecular weight excluding hydrogens is 379 g/mol. The zero-order valence-corrected chi connectivity index (χ0v) is 16.5. The minimum Gasteiger partial charge on any atom is -0.453 e. The van der Waals surface area contributed by atoms with E-state index in [2.05, 4.69) is 10.3 Å². The number of hydrogen-bond donors (Lipinski definition) is 1. The number of nitrogens with one attached hydrogen (secondary N) is 1. The number of fused-ring (bicyclic) bond motifs is 1. The quantitative estimate of drug-likeness (QED) is 0.604. The maximum Gasteiger partial charge on any atom is 0.306 e. The molecule has 146 valence electrons. The molecule has 0 unspecified atom stereocenters. The lowest BCUT2D eigenvalue weighted by molar-refractivity contribution is -0.155. The molecule has 0 radical (unpaired) electrons. The Morgan fingerprint density at radius 1 is 1.14 bits per heavy atom. The fraction of sp³-hybridized carbons (Fsp3) is 0.286. The summed E-state index contributed by atoms with van der Waals surface area (Å²) in [5.41, 5.74) is 1.68. The van der Waals surface area contributed by atoms with Crippen LogP contribution in [0.1, 0.15) is 36.9 Å². The van der Waals surface area contributed by atoms with Gasteiger partial charge in [-0.15, -0.1) is 11.3 Å². The van der Waals surface area contributed by atoms with E-state index in [1.54, 1.807) is 30.4 Å². The molecule has 1 aromatic heterocycles. The molecule has 3 rings (SSSR count). The van der Waals surface area contributed by atoms with Gasteiger partial charge in [0.15, 0.2) is 6.10 Å². The number of carbonyl (C=O) groups excluding carboxylic acids is 2. The number of esters is 1. The van der Waals surface area contributed by atoms with Gasteiger partial charge in [-0.2, -0.15) is 0 Å². The van der Waals surface area contributed by atoms with Crippen molar-refractivity contribution in [2.75, 3.05) is 0 Å². The van der Waals surface area contributed by atoms with Crippen LogP contribution in [-0.4, -0.2) is 23.0 Å². The molecule has 1 amide bonds. The molecule has 0 aliphatic carbocycles. The second-order valence-corrected chi connectivity index (χ2v) is 7.60. The number of para-hydroxylation sites is 1. The van der Waals surface area contributed by atoms with E-state index in [1.165, 1.54) is 19.1 Å². The van der Waals surface area contributed by atoms with E-state index < -0.39 is 18.0 Å². The van der Waals surface area contributed by atoms with Crippen molar-refractivity contribution >= 4 is 33.4 Å². The highest BCUT2D eigenvalue weighted by Crippen LogP contribution is 2.22. The third kappa shape index (κ3) is 5.13. The Labute approximate surface area is 166 Å². The number of amides is 1. The number of halogens is 1. The van der Waals surface area contributed by atoms with Gasteiger partial charge in [0.25, 0.3) is 5.91 Å². The largest absolute Gasteiger partial charge is 0.453 e. The molecular formula is C21H21FN2O3S. The van der Waals surface area contributed by atoms with Crippen LogP contribution in [0, 0.1) is 5.82 Å². The van der Waals surface area contributed by atoms with Crippen molar-refractivity contribution in [3.8, 4) is 0 Å². The lowest BCUT2D eigenvalue weighted by atomic mass is 10.1. The first-order chi connectivity index (χ1) is 13.4. The van der Waals surface area contributed by atoms with E-state index in [4.69, 9.17) is 4.74 Å². The first kappa shape index (κ1) is 19.9. The van der Waals surface area contributed by atoms with Crippen LogP contribution >= 0.6 is 11.3 Å². The molecule has 28 heavy (non-hydrogen) atoms. The van der Waals surface area contributed by atoms with E-state index in [9.17, 15) is 14.0 Å². The van der Waals surface area contributed by atoms with Crippen molar-refractivity contribution in [1.82, 2.24) is 10.3 Å². The average molecular weight is 400 g/mol. The smallest absolute Gasteiger partial charge is 0.306 e. The number of benzene rings is 2. The summed E-state index contributed by atoms with van der Waals surface area (Å²) in [7, 11) is 0. The van der Waals surface area contributed by atoms with E-state index >= 15 is 0 Å². The maximum atomic E-state index is 13.0. The van der Waals surface area contributed by atoms with Crippen LogP contribution in [0.2, 0.25) is 0 Å². The van der Waals surface area contributed by atoms with Gasteiger partial charge in [-0.3, -0.25) is 9.59 Å². The molecule has 3 aromatic rings. The number of hydrogen-bond acceptors (Lipinski definition) is 5. The Morgan fingerprint density at radius 3 is 2.57 bits per heavy atom. The third-order valence-electron chi connectivity index (χ3n) is 4.29. The van der Waals surface area contributed by atoms with Gasteiger partial charge in [0.2, 0.25) is 0 Å². The second kappa shape index (κ2) is 8.93. The molecule has 5 nitrogen and oxygen atoms in total. The zero-order valence-electron chi connectivity index (χ0n) is 15.6. The van der Waals surface area contributed by atoms with Gasteiger partial charge in [0.05, 0.1) is 27.7 Å². The third-order valence-corrected chi connectivity index (χ3v) is 5.38. The Kier molecular flexibility index (Phi) is 6.36. The summed E-state index contributed by atoms with van der Waals surface area (Å²) in [6.07, 6.45) is -0.283. The summed E-state index contributed by atoms with van der Waals surface area (Å²) in [6, 6.07) is 13.4. The van der Waals surface area contributed by atoms with Gasteiger partial charge >= 0.3 is 5.97 Å². The van der Waals surface area contributed by atoms with Crippen molar-refractivity contribution in [3.63, 3.8) is 0 Å². The normalized spacial score (nSPS) is 13.1. The topological polar surface area (TPSA) is 68.3 Å². The number of rotatable bonds is 7. The molecule has 0 aliphatic heterocycles. The number of aryl methyl sites for hydroxylation is 1. The summed E-state index contributed by atoms with van der Waals surface area (Å²) < 4.78 is 19.3. The fourth-order valence-electron chi connectivity index (χ4n) is 2.71. The Morgan fingerprint density at radius 2 is 1.86 bits per heavy atom. The van der Waals surface area contributed by atoms with E-state index in [-0.39, 0.29) is 18.3 Å². The van der Waals surface area contributed by atoms with E-state index in [0.29, 0.717) is 6.42 Å². The molecule has 0 bridgehead atoms. The predicted octanol–water partition coefficient (Wildman–Crippen LogP) is 4.18. The molecule has 0 fully saturated rings. The molecule has 0 spiro atoms. The standard InChI is InChI=1S/C21H21FN2O3S/c1-13(15-7-9-16(22)10-8-15)23-21(26)14(2)27-20(25)12-11-19-24-17-5-3-4-6-18(17)28-19/h3-10,13-14H,11-12H2,1-2H3,(H,23,26)/t13-,14+/m0/s1. The van der Waals surface area contributed by atoms with Crippen LogP contribution in [0.4, 0.5) is 4.39 Å². The van der Waals surface area contributed by atoms with Gasteiger partial charge in [0.1, 0.15) is 5.82 Å². The average Bonchev–Trinajstić information content (AvgIpc) is 3.09. The molecule has 7 heteroatoms. The fourth-order valence-corrected chi connectivity index (χ4v) is 3.68. The molecule has 1 heterocycles. The van der Waals surface area contributed by atoms with Crippen molar-refractivity contribution in [2.45, 2.75) is 38.8 Å². The van der Waals surface area contributed by atoms with Crippen molar-refractivity contribution < 1.29 is 18.7 Å². The maximum absolute atomic E-state index is 13.0. The highest BCUT2D eigenvalue weighted by Gasteiger charge is 2.20. The highest BCUT2D eigenvalue weighted by molar-refractivity contribution is 7.18. The molecule has 0 saturated heterocycles. The van der Waals surface area contributed by atoms with Crippen molar-refractivity contribution in [2.24, 2.45) is 0 Å². The van der Waals surface area contributed by atoms with E-state index in [0.717, 1.165) is 20.8 Å². The van der Waals surface area contributed by atoms with Crippen LogP contribution in [-0.2, 0) is 20.7 Å². The Balaban J connectivity index is 1.47. The predicted molar refractivity (Wildman–Crippen MR) is 106 cm³/mol. The lowest BCUT2D eigenvalue weighted by Gasteiger charge is -2.18. The summed E-state index contributed by atoms with van der Waals surface area (Å²) in [6.45, 7) is 3.31. The molecule has 0 aliphatic rings. The molecule has 2 aromatic carbocycles. The van der Waals surface area contributed by atoms with Crippen LogP contribution in [0.3, 0.4) is 0 Å².